The van der Waals surface area contributed by atoms with Gasteiger partial charge in [0.15, 0.2) is 5.78 Å². The number of Topliss-reactive ketones (excluding diaryl/α,β-unsaturated/α-hetero) is 3. The monoisotopic (exact) mass is 958 g/mol. The van der Waals surface area contributed by atoms with Gasteiger partial charge in [-0.1, -0.05) is 60.7 Å². The van der Waals surface area contributed by atoms with Crippen LogP contribution in [0.4, 0.5) is 17.6 Å². The summed E-state index contributed by atoms with van der Waals surface area (Å²) in [5.74, 6) is -9.03. The standard InChI is InChI=1S/C50H26F4O8S4/c51-27-14-30-25(21-60-22-35(55)39(30)34(54)17-27)11-29-18-37-43(63-29)45-47(65-37)46-44(66-45)40-36(64-46)13-26(12-31-38-32(42(57)41(31)56)15-28(52)16-33(38)53)50(40,48(58)61-19-23-7-3-1-4-8-23)49(59)62-20-24-9-5-2-6-10-24/h1-18H,19-22H2/b25-11+,31-12-. The molecule has 0 N–H and O–H groups in total. The van der Waals surface area contributed by atoms with E-state index in [-0.39, 0.29) is 48.7 Å². The lowest BCUT2D eigenvalue weighted by Gasteiger charge is -2.28. The zero-order chi connectivity index (χ0) is 45.6. The lowest BCUT2D eigenvalue weighted by atomic mass is 9.76. The minimum Gasteiger partial charge on any atom is -0.459 e. The molecular formula is C50H26F4O8S4. The molecule has 8 nitrogen and oxygen atoms in total. The second-order valence-electron chi connectivity index (χ2n) is 15.6. The van der Waals surface area contributed by atoms with Gasteiger partial charge in [0.25, 0.3) is 0 Å². The summed E-state index contributed by atoms with van der Waals surface area (Å²) in [5.41, 5.74) is -2.22. The fraction of sp³-hybridized carbons (Fsp3) is 0.100. The molecule has 0 saturated heterocycles. The van der Waals surface area contributed by atoms with Gasteiger partial charge in [-0.25, -0.2) is 17.6 Å². The van der Waals surface area contributed by atoms with E-state index in [1.807, 2.05) is 6.07 Å². The Hall–Kier alpha value is -6.69. The van der Waals surface area contributed by atoms with Crippen molar-refractivity contribution < 1.29 is 55.7 Å². The van der Waals surface area contributed by atoms with Crippen LogP contribution in [0.25, 0.3) is 51.5 Å². The third kappa shape index (κ3) is 6.65. The molecule has 0 saturated carbocycles. The number of hydrogen-bond acceptors (Lipinski definition) is 12. The topological polar surface area (TPSA) is 113 Å². The van der Waals surface area contributed by atoms with Crippen molar-refractivity contribution in [2.75, 3.05) is 13.2 Å². The third-order valence-corrected chi connectivity index (χ3v) is 16.9. The Morgan fingerprint density at radius 2 is 1.24 bits per heavy atom. The molecule has 5 heterocycles. The van der Waals surface area contributed by atoms with Crippen molar-refractivity contribution in [1.29, 1.82) is 0 Å². The van der Waals surface area contributed by atoms with Gasteiger partial charge >= 0.3 is 11.9 Å². The molecule has 0 bridgehead atoms. The fourth-order valence-corrected chi connectivity index (χ4v) is 14.6. The molecule has 1 aliphatic heterocycles. The first-order valence-electron chi connectivity index (χ1n) is 20.1. The number of fused-ring (bicyclic) bond motifs is 9. The molecule has 0 fully saturated rings. The number of hydrogen-bond donors (Lipinski definition) is 0. The van der Waals surface area contributed by atoms with Crippen LogP contribution in [0.5, 0.6) is 0 Å². The van der Waals surface area contributed by atoms with Crippen molar-refractivity contribution in [3.8, 4) is 0 Å². The van der Waals surface area contributed by atoms with Gasteiger partial charge < -0.3 is 14.2 Å². The van der Waals surface area contributed by atoms with E-state index in [0.717, 1.165) is 41.7 Å². The van der Waals surface area contributed by atoms with Crippen LogP contribution >= 0.6 is 45.3 Å². The molecule has 8 aromatic rings. The van der Waals surface area contributed by atoms with Crippen molar-refractivity contribution in [1.82, 2.24) is 0 Å². The normalized spacial score (nSPS) is 16.6. The number of carbonyl (C=O) groups excluding carboxylic acids is 5. The molecule has 4 aromatic heterocycles. The Balaban J connectivity index is 1.09. The highest BCUT2D eigenvalue weighted by atomic mass is 32.1. The maximum atomic E-state index is 15.6. The van der Waals surface area contributed by atoms with E-state index < -0.39 is 74.7 Å². The van der Waals surface area contributed by atoms with Crippen LogP contribution in [0.3, 0.4) is 0 Å². The highest BCUT2D eigenvalue weighted by Gasteiger charge is 2.59. The lowest BCUT2D eigenvalue weighted by Crippen LogP contribution is -2.46. The molecule has 11 rings (SSSR count). The summed E-state index contributed by atoms with van der Waals surface area (Å²) >= 11 is 5.47. The third-order valence-electron chi connectivity index (χ3n) is 11.6. The van der Waals surface area contributed by atoms with E-state index in [9.17, 15) is 27.6 Å². The van der Waals surface area contributed by atoms with Crippen LogP contribution in [-0.2, 0) is 47.2 Å². The number of rotatable bonds is 8. The number of ether oxygens (including phenoxy) is 3. The summed E-state index contributed by atoms with van der Waals surface area (Å²) in [5, 5.41) is 0. The van der Waals surface area contributed by atoms with E-state index >= 15 is 14.0 Å². The molecular weight excluding hydrogens is 933 g/mol. The Kier molecular flexibility index (Phi) is 10.2. The Morgan fingerprint density at radius 3 is 1.91 bits per heavy atom. The summed E-state index contributed by atoms with van der Waals surface area (Å²) in [4.78, 5) is 71.1. The van der Waals surface area contributed by atoms with E-state index in [1.165, 1.54) is 45.3 Å². The molecule has 326 valence electrons. The average Bonchev–Trinajstić information content (AvgIpc) is 4.11. The highest BCUT2D eigenvalue weighted by molar-refractivity contribution is 7.44. The molecule has 66 heavy (non-hydrogen) atoms. The van der Waals surface area contributed by atoms with E-state index in [0.29, 0.717) is 43.3 Å². The quantitative estimate of drug-likeness (QED) is 0.0486. The van der Waals surface area contributed by atoms with Gasteiger partial charge in [0.05, 0.1) is 35.7 Å². The van der Waals surface area contributed by atoms with Crippen molar-refractivity contribution in [2.45, 2.75) is 18.6 Å². The van der Waals surface area contributed by atoms with Crippen molar-refractivity contribution >= 4 is 126 Å². The molecule has 0 atom stereocenters. The summed E-state index contributed by atoms with van der Waals surface area (Å²) in [6, 6.07) is 22.6. The minimum atomic E-state index is -2.42. The predicted octanol–water partition coefficient (Wildman–Crippen LogP) is 11.7. The minimum absolute atomic E-state index is 0.0628. The van der Waals surface area contributed by atoms with Crippen molar-refractivity contribution in [3.05, 3.63) is 175 Å². The zero-order valence-corrected chi connectivity index (χ0v) is 36.9. The van der Waals surface area contributed by atoms with Gasteiger partial charge in [0.2, 0.25) is 17.0 Å². The molecule has 2 aliphatic carbocycles. The number of ketones is 3. The second-order valence-corrected chi connectivity index (χ2v) is 19.8. The number of carbonyl (C=O) groups is 5. The lowest BCUT2D eigenvalue weighted by molar-refractivity contribution is -0.164. The van der Waals surface area contributed by atoms with Crippen LogP contribution in [0.15, 0.2) is 103 Å². The van der Waals surface area contributed by atoms with E-state index in [4.69, 9.17) is 14.2 Å². The summed E-state index contributed by atoms with van der Waals surface area (Å²) in [7, 11) is 0. The van der Waals surface area contributed by atoms with Crippen molar-refractivity contribution in [2.24, 2.45) is 0 Å². The SMILES string of the molecule is O=C1C(=O)c2cc(F)cc(F)c2/C1=C/C1=Cc2sc3c(sc4c5sc(/C=C6\COCC(=O)c7c(F)cc(F)cc76)cc5sc34)c2C1(C(=O)OCc1ccccc1)C(=O)OCc1ccccc1. The number of allylic oxidation sites excluding steroid dienone is 2. The highest BCUT2D eigenvalue weighted by Crippen LogP contribution is 2.58. The number of halogens is 4. The Labute approximate surface area is 386 Å². The van der Waals surface area contributed by atoms with Gasteiger partial charge in [0, 0.05) is 48.9 Å². The molecule has 3 aliphatic rings. The second kappa shape index (κ2) is 16.0. The number of esters is 2. The van der Waals surface area contributed by atoms with Crippen LogP contribution in [0.2, 0.25) is 0 Å². The predicted molar refractivity (Wildman–Crippen MR) is 246 cm³/mol. The zero-order valence-electron chi connectivity index (χ0n) is 33.6. The number of benzene rings is 4. The Morgan fingerprint density at radius 1 is 0.636 bits per heavy atom. The molecule has 0 amide bonds. The van der Waals surface area contributed by atoms with Gasteiger partial charge in [-0.3, -0.25) is 24.0 Å². The first-order valence-corrected chi connectivity index (χ1v) is 23.3. The largest absolute Gasteiger partial charge is 0.459 e. The van der Waals surface area contributed by atoms with Crippen molar-refractivity contribution in [3.63, 3.8) is 0 Å². The van der Waals surface area contributed by atoms with Gasteiger partial charge in [-0.05, 0) is 64.3 Å². The molecule has 16 heteroatoms. The van der Waals surface area contributed by atoms with E-state index in [1.54, 1.807) is 72.8 Å². The first kappa shape index (κ1) is 42.0. The maximum absolute atomic E-state index is 15.6. The van der Waals surface area contributed by atoms with Crippen LogP contribution in [-0.4, -0.2) is 42.5 Å². The number of thiophene rings is 4. The maximum Gasteiger partial charge on any atom is 0.333 e. The van der Waals surface area contributed by atoms with Crippen LogP contribution in [0.1, 0.15) is 58.3 Å². The summed E-state index contributed by atoms with van der Waals surface area (Å²) in [6.45, 7) is -0.946. The van der Waals surface area contributed by atoms with Crippen LogP contribution in [0, 0.1) is 23.3 Å². The van der Waals surface area contributed by atoms with E-state index in [2.05, 4.69) is 0 Å². The molecule has 0 spiro atoms. The smallest absolute Gasteiger partial charge is 0.333 e. The first-order chi connectivity index (χ1) is 31.9. The fourth-order valence-electron chi connectivity index (χ4n) is 8.65. The van der Waals surface area contributed by atoms with Gasteiger partial charge in [-0.15, -0.1) is 45.3 Å². The average molecular weight is 959 g/mol. The Bertz CT molecular complexity index is 3500. The molecule has 0 radical (unpaired) electrons. The van der Waals surface area contributed by atoms with Crippen LogP contribution < -0.4 is 0 Å². The summed E-state index contributed by atoms with van der Waals surface area (Å²) < 4.78 is 81.7. The van der Waals surface area contributed by atoms with Gasteiger partial charge in [-0.2, -0.15) is 0 Å². The molecule has 0 unspecified atom stereocenters. The summed E-state index contributed by atoms with van der Waals surface area (Å²) in [6.07, 6.45) is 4.41. The molecule has 4 aromatic carbocycles. The van der Waals surface area contributed by atoms with Gasteiger partial charge in [0.1, 0.15) is 43.1 Å².